The Morgan fingerprint density at radius 1 is 1.18 bits per heavy atom. The molecule has 1 aliphatic heterocycles. The largest absolute Gasteiger partial charge is 0.465 e. The maximum atomic E-state index is 14.3. The number of ketones is 1. The zero-order valence-corrected chi connectivity index (χ0v) is 15.4. The van der Waals surface area contributed by atoms with E-state index in [1.165, 1.54) is 24.1 Å². The van der Waals surface area contributed by atoms with Crippen LogP contribution in [-0.4, -0.2) is 36.4 Å². The first-order valence-corrected chi connectivity index (χ1v) is 8.86. The van der Waals surface area contributed by atoms with E-state index in [1.54, 1.807) is 0 Å². The molecule has 28 heavy (non-hydrogen) atoms. The highest BCUT2D eigenvalue weighted by Crippen LogP contribution is 2.31. The first kappa shape index (κ1) is 19.5. The Labute approximate surface area is 161 Å². The molecule has 0 aromatic heterocycles. The van der Waals surface area contributed by atoms with Gasteiger partial charge in [0.15, 0.2) is 0 Å². The van der Waals surface area contributed by atoms with Gasteiger partial charge >= 0.3 is 12.1 Å². The van der Waals surface area contributed by atoms with Gasteiger partial charge < -0.3 is 14.4 Å². The summed E-state index contributed by atoms with van der Waals surface area (Å²) in [6.07, 6.45) is -0.282. The summed E-state index contributed by atoms with van der Waals surface area (Å²) in [4.78, 5) is 37.5. The van der Waals surface area contributed by atoms with Crippen LogP contribution >= 0.6 is 0 Å². The van der Waals surface area contributed by atoms with Gasteiger partial charge in [0.2, 0.25) is 0 Å². The molecule has 6 nitrogen and oxygen atoms in total. The maximum Gasteiger partial charge on any atom is 0.410 e. The van der Waals surface area contributed by atoms with Crippen molar-refractivity contribution in [2.24, 2.45) is 0 Å². The van der Waals surface area contributed by atoms with E-state index in [-0.39, 0.29) is 37.3 Å². The predicted molar refractivity (Wildman–Crippen MR) is 98.1 cm³/mol. The summed E-state index contributed by atoms with van der Waals surface area (Å²) in [5.74, 6) is -1.57. The summed E-state index contributed by atoms with van der Waals surface area (Å²) >= 11 is 0. The molecular formula is C21H20FNO5. The monoisotopic (exact) mass is 385 g/mol. The van der Waals surface area contributed by atoms with Crippen molar-refractivity contribution in [1.29, 1.82) is 0 Å². The molecule has 2 aromatic carbocycles. The van der Waals surface area contributed by atoms with Gasteiger partial charge in [-0.15, -0.1) is 0 Å². The molecule has 1 saturated heterocycles. The van der Waals surface area contributed by atoms with Crippen molar-refractivity contribution >= 4 is 17.8 Å². The molecule has 0 unspecified atom stereocenters. The third kappa shape index (κ3) is 4.36. The summed E-state index contributed by atoms with van der Waals surface area (Å²) in [7, 11) is 1.17. The molecule has 0 aliphatic carbocycles. The Kier molecular flexibility index (Phi) is 6.03. The van der Waals surface area contributed by atoms with Gasteiger partial charge in [0, 0.05) is 19.4 Å². The number of benzene rings is 2. The molecule has 7 heteroatoms. The summed E-state index contributed by atoms with van der Waals surface area (Å²) in [5.41, 5.74) is 1.07. The number of carbonyl (C=O) groups excluding carboxylic acids is 3. The number of carbonyl (C=O) groups is 3. The molecule has 1 atom stereocenters. The highest BCUT2D eigenvalue weighted by Gasteiger charge is 2.33. The molecule has 1 heterocycles. The van der Waals surface area contributed by atoms with Gasteiger partial charge in [-0.2, -0.15) is 0 Å². The number of hydrogen-bond acceptors (Lipinski definition) is 5. The van der Waals surface area contributed by atoms with Gasteiger partial charge in [-0.3, -0.25) is 4.79 Å². The van der Waals surface area contributed by atoms with Gasteiger partial charge in [-0.25, -0.2) is 14.0 Å². The van der Waals surface area contributed by atoms with Crippen molar-refractivity contribution in [1.82, 2.24) is 4.90 Å². The van der Waals surface area contributed by atoms with Crippen molar-refractivity contribution in [3.63, 3.8) is 0 Å². The highest BCUT2D eigenvalue weighted by atomic mass is 19.1. The van der Waals surface area contributed by atoms with E-state index in [9.17, 15) is 18.8 Å². The molecular weight excluding hydrogens is 365 g/mol. The lowest BCUT2D eigenvalue weighted by Crippen LogP contribution is -2.41. The zero-order chi connectivity index (χ0) is 20.1. The highest BCUT2D eigenvalue weighted by molar-refractivity contribution is 5.89. The molecule has 1 amide bonds. The molecule has 0 radical (unpaired) electrons. The van der Waals surface area contributed by atoms with Crippen LogP contribution < -0.4 is 0 Å². The Hall–Kier alpha value is -3.22. The smallest absolute Gasteiger partial charge is 0.410 e. The van der Waals surface area contributed by atoms with Crippen LogP contribution in [0.25, 0.3) is 0 Å². The number of methoxy groups -OCH3 is 1. The lowest BCUT2D eigenvalue weighted by atomic mass is 9.94. The summed E-state index contributed by atoms with van der Waals surface area (Å²) in [6.45, 7) is 0.296. The summed E-state index contributed by atoms with van der Waals surface area (Å²) in [5, 5.41) is 0. The Balaban J connectivity index is 1.78. The van der Waals surface area contributed by atoms with Crippen LogP contribution in [0.5, 0.6) is 0 Å². The standard InChI is InChI=1S/C21H20FNO5/c1-27-20(25)17-8-7-15(11-18(17)22)19-12-16(24)9-10-23(19)21(26)28-13-14-5-3-2-4-6-14/h2-8,11,19H,9-10,12-13H2,1H3/t19-/m0/s1. The van der Waals surface area contributed by atoms with Crippen LogP contribution in [0.3, 0.4) is 0 Å². The van der Waals surface area contributed by atoms with Crippen LogP contribution in [0, 0.1) is 5.82 Å². The molecule has 2 aromatic rings. The number of piperidine rings is 1. The minimum Gasteiger partial charge on any atom is -0.465 e. The number of halogens is 1. The van der Waals surface area contributed by atoms with Crippen LogP contribution in [0.1, 0.15) is 40.4 Å². The van der Waals surface area contributed by atoms with Crippen molar-refractivity contribution < 1.29 is 28.2 Å². The fraction of sp³-hybridized carbons (Fsp3) is 0.286. The third-order valence-corrected chi connectivity index (χ3v) is 4.65. The molecule has 3 rings (SSSR count). The number of ether oxygens (including phenoxy) is 2. The van der Waals surface area contributed by atoms with Gasteiger partial charge in [-0.1, -0.05) is 36.4 Å². The zero-order valence-electron chi connectivity index (χ0n) is 15.4. The molecule has 0 spiro atoms. The number of esters is 1. The number of Topliss-reactive ketones (excluding diaryl/α,β-unsaturated/α-hetero) is 1. The minimum atomic E-state index is -0.789. The van der Waals surface area contributed by atoms with E-state index >= 15 is 0 Å². The van der Waals surface area contributed by atoms with Crippen LogP contribution in [0.4, 0.5) is 9.18 Å². The quantitative estimate of drug-likeness (QED) is 0.751. The van der Waals surface area contributed by atoms with Crippen molar-refractivity contribution in [3.8, 4) is 0 Å². The normalized spacial score (nSPS) is 16.6. The molecule has 1 fully saturated rings. The van der Waals surface area contributed by atoms with Crippen molar-refractivity contribution in [3.05, 3.63) is 71.0 Å². The van der Waals surface area contributed by atoms with E-state index in [0.29, 0.717) is 5.56 Å². The van der Waals surface area contributed by atoms with Crippen molar-refractivity contribution in [2.75, 3.05) is 13.7 Å². The third-order valence-electron chi connectivity index (χ3n) is 4.65. The lowest BCUT2D eigenvalue weighted by molar-refractivity contribution is -0.122. The molecule has 0 N–H and O–H groups in total. The Bertz CT molecular complexity index is 884. The van der Waals surface area contributed by atoms with Crippen LogP contribution in [0.15, 0.2) is 48.5 Å². The molecule has 0 bridgehead atoms. The minimum absolute atomic E-state index is 0.0189. The fourth-order valence-corrected chi connectivity index (χ4v) is 3.16. The van der Waals surface area contributed by atoms with E-state index in [4.69, 9.17) is 4.74 Å². The van der Waals surface area contributed by atoms with E-state index in [2.05, 4.69) is 4.74 Å². The second-order valence-electron chi connectivity index (χ2n) is 6.47. The second-order valence-corrected chi connectivity index (χ2v) is 6.47. The lowest BCUT2D eigenvalue weighted by Gasteiger charge is -2.34. The summed E-state index contributed by atoms with van der Waals surface area (Å²) < 4.78 is 24.2. The van der Waals surface area contributed by atoms with Gasteiger partial charge in [0.25, 0.3) is 0 Å². The van der Waals surface area contributed by atoms with Crippen LogP contribution in [0.2, 0.25) is 0 Å². The van der Waals surface area contributed by atoms with Crippen LogP contribution in [-0.2, 0) is 20.9 Å². The molecule has 0 saturated carbocycles. The number of likely N-dealkylation sites (tertiary alicyclic amines) is 1. The van der Waals surface area contributed by atoms with E-state index < -0.39 is 23.9 Å². The summed E-state index contributed by atoms with van der Waals surface area (Å²) in [6, 6.07) is 12.6. The van der Waals surface area contributed by atoms with E-state index in [0.717, 1.165) is 11.6 Å². The topological polar surface area (TPSA) is 72.9 Å². The average Bonchev–Trinajstić information content (AvgIpc) is 2.72. The Morgan fingerprint density at radius 3 is 2.61 bits per heavy atom. The Morgan fingerprint density at radius 2 is 1.93 bits per heavy atom. The number of nitrogens with zero attached hydrogens (tertiary/aromatic N) is 1. The first-order valence-electron chi connectivity index (χ1n) is 8.86. The molecule has 1 aliphatic rings. The first-order chi connectivity index (χ1) is 13.5. The van der Waals surface area contributed by atoms with Gasteiger partial charge in [0.1, 0.15) is 18.2 Å². The maximum absolute atomic E-state index is 14.3. The number of amides is 1. The van der Waals surface area contributed by atoms with Crippen molar-refractivity contribution in [2.45, 2.75) is 25.5 Å². The van der Waals surface area contributed by atoms with Gasteiger partial charge in [-0.05, 0) is 23.3 Å². The predicted octanol–water partition coefficient (Wildman–Crippen LogP) is 3.66. The molecule has 146 valence electrons. The number of rotatable bonds is 4. The fourth-order valence-electron chi connectivity index (χ4n) is 3.16. The van der Waals surface area contributed by atoms with Gasteiger partial charge in [0.05, 0.1) is 18.7 Å². The average molecular weight is 385 g/mol. The SMILES string of the molecule is COC(=O)c1ccc([C@@H]2CC(=O)CCN2C(=O)OCc2ccccc2)cc1F. The van der Waals surface area contributed by atoms with E-state index in [1.807, 2.05) is 30.3 Å². The second kappa shape index (κ2) is 8.65. The number of hydrogen-bond donors (Lipinski definition) is 0.